The number of hydrogen-bond donors (Lipinski definition) is 1. The van der Waals surface area contributed by atoms with Crippen molar-refractivity contribution in [3.63, 3.8) is 0 Å². The molecule has 0 saturated carbocycles. The zero-order valence-electron chi connectivity index (χ0n) is 13.4. The van der Waals surface area contributed by atoms with Crippen molar-refractivity contribution in [2.45, 2.75) is 22.4 Å². The Morgan fingerprint density at radius 2 is 1.92 bits per heavy atom. The molecule has 1 N–H and O–H groups in total. The summed E-state index contributed by atoms with van der Waals surface area (Å²) >= 11 is 3.19. The highest BCUT2D eigenvalue weighted by atomic mass is 79.9. The van der Waals surface area contributed by atoms with Crippen LogP contribution in [-0.2, 0) is 16.0 Å². The fourth-order valence-electron chi connectivity index (χ4n) is 2.64. The van der Waals surface area contributed by atoms with Crippen molar-refractivity contribution in [3.8, 4) is 0 Å². The Bertz CT molecular complexity index is 913. The summed E-state index contributed by atoms with van der Waals surface area (Å²) in [6.45, 7) is 2.09. The number of nitrogens with zero attached hydrogens (tertiary/aromatic N) is 2. The number of halogens is 4. The van der Waals surface area contributed by atoms with E-state index in [-0.39, 0.29) is 4.90 Å². The molecule has 3 rings (SSSR count). The lowest BCUT2D eigenvalue weighted by Gasteiger charge is -2.28. The molecule has 2 heterocycles. The Labute approximate surface area is 157 Å². The van der Waals surface area contributed by atoms with Gasteiger partial charge in [-0.2, -0.15) is 13.2 Å². The molecule has 2 aromatic rings. The number of sulfone groups is 1. The average Bonchev–Trinajstić information content (AvgIpc) is 2.61. The quantitative estimate of drug-likeness (QED) is 0.727. The highest BCUT2D eigenvalue weighted by Crippen LogP contribution is 2.33. The maximum atomic E-state index is 12.9. The largest absolute Gasteiger partial charge is 0.416 e. The lowest BCUT2D eigenvalue weighted by molar-refractivity contribution is -0.137. The van der Waals surface area contributed by atoms with E-state index in [4.69, 9.17) is 0 Å². The molecule has 0 aliphatic carbocycles. The third-order valence-corrected chi connectivity index (χ3v) is 6.08. The van der Waals surface area contributed by atoms with Crippen molar-refractivity contribution in [1.29, 1.82) is 0 Å². The minimum Gasteiger partial charge on any atom is -0.344 e. The second-order valence-corrected chi connectivity index (χ2v) is 8.55. The van der Waals surface area contributed by atoms with Gasteiger partial charge in [0.1, 0.15) is 10.4 Å². The van der Waals surface area contributed by atoms with E-state index in [0.717, 1.165) is 31.2 Å². The van der Waals surface area contributed by atoms with Gasteiger partial charge in [-0.3, -0.25) is 5.32 Å². The van der Waals surface area contributed by atoms with Crippen LogP contribution in [0, 0.1) is 0 Å². The summed E-state index contributed by atoms with van der Waals surface area (Å²) in [7, 11) is -4.12. The van der Waals surface area contributed by atoms with Crippen LogP contribution in [0.15, 0.2) is 50.8 Å². The van der Waals surface area contributed by atoms with Crippen LogP contribution >= 0.6 is 15.9 Å². The topological polar surface area (TPSA) is 62.3 Å². The third kappa shape index (κ3) is 4.02. The second kappa shape index (κ2) is 7.16. The van der Waals surface area contributed by atoms with Crippen LogP contribution < -0.4 is 10.2 Å². The summed E-state index contributed by atoms with van der Waals surface area (Å²) in [5.41, 5.74) is -1.01. The Kier molecular flexibility index (Phi) is 5.27. The molecule has 0 amide bonds. The number of hydrogen-bond acceptors (Lipinski definition) is 5. The van der Waals surface area contributed by atoms with Crippen molar-refractivity contribution in [3.05, 3.63) is 46.6 Å². The molecule has 26 heavy (non-hydrogen) atoms. The summed E-state index contributed by atoms with van der Waals surface area (Å²) in [4.78, 5) is 5.63. The van der Waals surface area contributed by atoms with Gasteiger partial charge in [-0.1, -0.05) is 6.07 Å². The van der Waals surface area contributed by atoms with Gasteiger partial charge in [0, 0.05) is 6.54 Å². The van der Waals surface area contributed by atoms with Crippen LogP contribution in [0.1, 0.15) is 12.0 Å². The van der Waals surface area contributed by atoms with Crippen LogP contribution in [0.25, 0.3) is 0 Å². The molecule has 1 aromatic carbocycles. The first-order valence-electron chi connectivity index (χ1n) is 7.73. The van der Waals surface area contributed by atoms with E-state index in [0.29, 0.717) is 29.7 Å². The molecule has 5 nitrogen and oxygen atoms in total. The van der Waals surface area contributed by atoms with Crippen molar-refractivity contribution in [2.75, 3.05) is 24.7 Å². The lowest BCUT2D eigenvalue weighted by atomic mass is 10.2. The van der Waals surface area contributed by atoms with Crippen molar-refractivity contribution in [1.82, 2.24) is 10.3 Å². The average molecular weight is 450 g/mol. The van der Waals surface area contributed by atoms with Gasteiger partial charge in [-0.05, 0) is 59.2 Å². The standard InChI is InChI=1S/C16H15BrF3N3O2S/c17-14-8-13(9-15(22-14)23-6-2-5-21-10-23)26(24,25)12-4-1-3-11(7-12)16(18,19)20/h1,3-4,7-9,21H,2,5-6,10H2. The van der Waals surface area contributed by atoms with E-state index < -0.39 is 26.5 Å². The van der Waals surface area contributed by atoms with Crippen LogP contribution in [0.3, 0.4) is 0 Å². The minimum atomic E-state index is -4.62. The fraction of sp³-hybridized carbons (Fsp3) is 0.312. The Morgan fingerprint density at radius 1 is 1.15 bits per heavy atom. The summed E-state index contributed by atoms with van der Waals surface area (Å²) in [5.74, 6) is 0.442. The highest BCUT2D eigenvalue weighted by molar-refractivity contribution is 9.10. The van der Waals surface area contributed by atoms with Gasteiger partial charge in [-0.25, -0.2) is 13.4 Å². The summed E-state index contributed by atoms with van der Waals surface area (Å²) in [6, 6.07) is 6.39. The molecule has 10 heteroatoms. The molecule has 0 radical (unpaired) electrons. The third-order valence-electron chi connectivity index (χ3n) is 3.94. The van der Waals surface area contributed by atoms with Gasteiger partial charge in [0.05, 0.1) is 22.0 Å². The Balaban J connectivity index is 2.03. The summed E-state index contributed by atoms with van der Waals surface area (Å²) < 4.78 is 64.7. The molecule has 0 atom stereocenters. The van der Waals surface area contributed by atoms with E-state index in [1.807, 2.05) is 4.90 Å². The predicted octanol–water partition coefficient (Wildman–Crippen LogP) is 3.45. The maximum Gasteiger partial charge on any atom is 0.416 e. The molecule has 1 saturated heterocycles. The smallest absolute Gasteiger partial charge is 0.344 e. The van der Waals surface area contributed by atoms with Gasteiger partial charge in [0.15, 0.2) is 0 Å². The molecule has 1 aromatic heterocycles. The van der Waals surface area contributed by atoms with Crippen LogP contribution in [0.4, 0.5) is 19.0 Å². The normalized spacial score (nSPS) is 15.9. The number of nitrogens with one attached hydrogen (secondary N) is 1. The number of benzene rings is 1. The van der Waals surface area contributed by atoms with E-state index in [2.05, 4.69) is 26.2 Å². The van der Waals surface area contributed by atoms with E-state index >= 15 is 0 Å². The van der Waals surface area contributed by atoms with Crippen molar-refractivity contribution < 1.29 is 21.6 Å². The first-order chi connectivity index (χ1) is 12.2. The molecular formula is C16H15BrF3N3O2S. The maximum absolute atomic E-state index is 12.9. The number of rotatable bonds is 3. The highest BCUT2D eigenvalue weighted by Gasteiger charge is 2.32. The second-order valence-electron chi connectivity index (χ2n) is 5.79. The first kappa shape index (κ1) is 19.1. The van der Waals surface area contributed by atoms with Gasteiger partial charge in [-0.15, -0.1) is 0 Å². The summed E-state index contributed by atoms with van der Waals surface area (Å²) in [5, 5.41) is 3.16. The molecule has 1 aliphatic rings. The Morgan fingerprint density at radius 3 is 2.58 bits per heavy atom. The molecule has 0 unspecified atom stereocenters. The SMILES string of the molecule is O=S(=O)(c1cccc(C(F)(F)F)c1)c1cc(Br)nc(N2CCCNC2)c1. The molecule has 0 bridgehead atoms. The molecular weight excluding hydrogens is 435 g/mol. The zero-order chi connectivity index (χ0) is 18.9. The van der Waals surface area contributed by atoms with Gasteiger partial charge in [0.2, 0.25) is 9.84 Å². The molecule has 0 spiro atoms. The van der Waals surface area contributed by atoms with Gasteiger partial charge >= 0.3 is 6.18 Å². The van der Waals surface area contributed by atoms with Crippen molar-refractivity contribution in [2.24, 2.45) is 0 Å². The first-order valence-corrected chi connectivity index (χ1v) is 10.0. The van der Waals surface area contributed by atoms with Crippen LogP contribution in [0.2, 0.25) is 0 Å². The zero-order valence-corrected chi connectivity index (χ0v) is 15.8. The molecule has 1 aliphatic heterocycles. The van der Waals surface area contributed by atoms with E-state index in [1.54, 1.807) is 0 Å². The van der Waals surface area contributed by atoms with Crippen LogP contribution in [-0.4, -0.2) is 33.2 Å². The van der Waals surface area contributed by atoms with Gasteiger partial charge < -0.3 is 4.90 Å². The lowest BCUT2D eigenvalue weighted by Crippen LogP contribution is -2.42. The Hall–Kier alpha value is -1.65. The fourth-order valence-corrected chi connectivity index (χ4v) is 4.56. The summed E-state index contributed by atoms with van der Waals surface area (Å²) in [6.07, 6.45) is -3.74. The number of aromatic nitrogens is 1. The van der Waals surface area contributed by atoms with E-state index in [9.17, 15) is 21.6 Å². The predicted molar refractivity (Wildman–Crippen MR) is 93.7 cm³/mol. The van der Waals surface area contributed by atoms with Crippen LogP contribution in [0.5, 0.6) is 0 Å². The number of anilines is 1. The van der Waals surface area contributed by atoms with Gasteiger partial charge in [0.25, 0.3) is 0 Å². The monoisotopic (exact) mass is 449 g/mol. The number of pyridine rings is 1. The number of alkyl halides is 3. The van der Waals surface area contributed by atoms with Crippen molar-refractivity contribution >= 4 is 31.6 Å². The molecule has 140 valence electrons. The van der Waals surface area contributed by atoms with E-state index in [1.165, 1.54) is 12.1 Å². The molecule has 1 fully saturated rings. The minimum absolute atomic E-state index is 0.112.